The lowest BCUT2D eigenvalue weighted by atomic mass is 10.2. The number of hydrogen-bond donors (Lipinski definition) is 0. The second kappa shape index (κ2) is 10.7. The second-order valence-electron chi connectivity index (χ2n) is 3.93. The highest BCUT2D eigenvalue weighted by Crippen LogP contribution is 2.04. The van der Waals surface area contributed by atoms with E-state index in [0.717, 1.165) is 6.54 Å². The number of nitrogens with zero attached hydrogens (tertiary/aromatic N) is 1. The standard InChI is InChI=1S/C13H21N.C2H6/c1-3-4-8-11-14(2)12-13-9-6-5-7-10-13;1-2/h5-7,9-10H,3-4,8,11-12H2,1-2H3;1-2H3. The van der Waals surface area contributed by atoms with Crippen LogP contribution in [0.3, 0.4) is 0 Å². The van der Waals surface area contributed by atoms with E-state index in [1.807, 2.05) is 13.8 Å². The van der Waals surface area contributed by atoms with Crippen LogP contribution in [-0.4, -0.2) is 18.5 Å². The van der Waals surface area contributed by atoms with Crippen molar-refractivity contribution in [3.8, 4) is 0 Å². The minimum atomic E-state index is 1.07. The zero-order chi connectivity index (χ0) is 12.2. The molecule has 0 spiro atoms. The first-order valence-corrected chi connectivity index (χ1v) is 6.55. The Bertz CT molecular complexity index is 230. The van der Waals surface area contributed by atoms with E-state index in [1.54, 1.807) is 0 Å². The third-order valence-electron chi connectivity index (χ3n) is 2.44. The van der Waals surface area contributed by atoms with Crippen molar-refractivity contribution in [2.24, 2.45) is 0 Å². The Morgan fingerprint density at radius 2 is 1.62 bits per heavy atom. The van der Waals surface area contributed by atoms with Crippen molar-refractivity contribution in [3.05, 3.63) is 35.9 Å². The zero-order valence-corrected chi connectivity index (χ0v) is 11.4. The van der Waals surface area contributed by atoms with E-state index in [2.05, 4.69) is 49.2 Å². The number of rotatable bonds is 6. The molecule has 0 heterocycles. The smallest absolute Gasteiger partial charge is 0.0230 e. The average molecular weight is 221 g/mol. The van der Waals surface area contributed by atoms with Crippen LogP contribution >= 0.6 is 0 Å². The zero-order valence-electron chi connectivity index (χ0n) is 11.4. The van der Waals surface area contributed by atoms with Gasteiger partial charge in [0.15, 0.2) is 0 Å². The third kappa shape index (κ3) is 7.47. The summed E-state index contributed by atoms with van der Waals surface area (Å²) in [7, 11) is 2.20. The predicted molar refractivity (Wildman–Crippen MR) is 73.6 cm³/mol. The molecule has 0 fully saturated rings. The van der Waals surface area contributed by atoms with E-state index in [4.69, 9.17) is 0 Å². The van der Waals surface area contributed by atoms with Gasteiger partial charge in [0, 0.05) is 6.54 Å². The summed E-state index contributed by atoms with van der Waals surface area (Å²) in [5, 5.41) is 0. The summed E-state index contributed by atoms with van der Waals surface area (Å²) >= 11 is 0. The molecule has 1 rings (SSSR count). The van der Waals surface area contributed by atoms with Gasteiger partial charge < -0.3 is 4.90 Å². The first-order valence-electron chi connectivity index (χ1n) is 6.55. The molecule has 1 heteroatoms. The van der Waals surface area contributed by atoms with E-state index in [9.17, 15) is 0 Å². The van der Waals surface area contributed by atoms with Crippen molar-refractivity contribution in [2.75, 3.05) is 13.6 Å². The molecular weight excluding hydrogens is 194 g/mol. The van der Waals surface area contributed by atoms with Crippen LogP contribution in [0.4, 0.5) is 0 Å². The second-order valence-corrected chi connectivity index (χ2v) is 3.93. The summed E-state index contributed by atoms with van der Waals surface area (Å²) in [6.07, 6.45) is 3.97. The molecule has 1 aromatic carbocycles. The first kappa shape index (κ1) is 15.2. The number of hydrogen-bond acceptors (Lipinski definition) is 1. The Kier molecular flexibility index (Phi) is 10.1. The Labute approximate surface area is 101 Å². The molecule has 0 atom stereocenters. The van der Waals surface area contributed by atoms with Crippen LogP contribution in [0.1, 0.15) is 45.6 Å². The number of unbranched alkanes of at least 4 members (excludes halogenated alkanes) is 2. The van der Waals surface area contributed by atoms with Crippen LogP contribution in [0.15, 0.2) is 30.3 Å². The van der Waals surface area contributed by atoms with Crippen molar-refractivity contribution in [3.63, 3.8) is 0 Å². The van der Waals surface area contributed by atoms with Crippen LogP contribution in [0.2, 0.25) is 0 Å². The molecular formula is C15H27N. The molecule has 1 nitrogen and oxygen atoms in total. The quantitative estimate of drug-likeness (QED) is 0.646. The van der Waals surface area contributed by atoms with Crippen molar-refractivity contribution >= 4 is 0 Å². The van der Waals surface area contributed by atoms with Crippen LogP contribution in [-0.2, 0) is 6.54 Å². The maximum atomic E-state index is 2.39. The molecule has 0 saturated carbocycles. The largest absolute Gasteiger partial charge is 0.302 e. The van der Waals surface area contributed by atoms with Gasteiger partial charge in [-0.3, -0.25) is 0 Å². The minimum absolute atomic E-state index is 1.07. The maximum Gasteiger partial charge on any atom is 0.0230 e. The maximum absolute atomic E-state index is 2.39. The molecule has 0 bridgehead atoms. The van der Waals surface area contributed by atoms with E-state index < -0.39 is 0 Å². The van der Waals surface area contributed by atoms with Crippen LogP contribution < -0.4 is 0 Å². The number of benzene rings is 1. The molecule has 0 aromatic heterocycles. The summed E-state index contributed by atoms with van der Waals surface area (Å²) < 4.78 is 0. The normalized spacial score (nSPS) is 9.81. The van der Waals surface area contributed by atoms with Gasteiger partial charge in [-0.2, -0.15) is 0 Å². The van der Waals surface area contributed by atoms with Crippen LogP contribution in [0.25, 0.3) is 0 Å². The van der Waals surface area contributed by atoms with Crippen LogP contribution in [0.5, 0.6) is 0 Å². The van der Waals surface area contributed by atoms with Gasteiger partial charge in [-0.1, -0.05) is 63.9 Å². The van der Waals surface area contributed by atoms with Gasteiger partial charge in [-0.15, -0.1) is 0 Å². The van der Waals surface area contributed by atoms with Crippen molar-refractivity contribution in [1.29, 1.82) is 0 Å². The molecule has 16 heavy (non-hydrogen) atoms. The van der Waals surface area contributed by atoms with Gasteiger partial charge in [0.2, 0.25) is 0 Å². The van der Waals surface area contributed by atoms with Crippen molar-refractivity contribution in [2.45, 2.75) is 46.6 Å². The highest BCUT2D eigenvalue weighted by atomic mass is 15.1. The lowest BCUT2D eigenvalue weighted by Gasteiger charge is -2.16. The van der Waals surface area contributed by atoms with Gasteiger partial charge in [0.25, 0.3) is 0 Å². The third-order valence-corrected chi connectivity index (χ3v) is 2.44. The van der Waals surface area contributed by atoms with E-state index in [-0.39, 0.29) is 0 Å². The molecule has 0 aliphatic carbocycles. The Morgan fingerprint density at radius 3 is 2.19 bits per heavy atom. The van der Waals surface area contributed by atoms with Gasteiger partial charge in [-0.05, 0) is 25.6 Å². The summed E-state index contributed by atoms with van der Waals surface area (Å²) in [6, 6.07) is 10.7. The fraction of sp³-hybridized carbons (Fsp3) is 0.600. The Morgan fingerprint density at radius 1 is 1.00 bits per heavy atom. The fourth-order valence-electron chi connectivity index (χ4n) is 1.61. The highest BCUT2D eigenvalue weighted by Gasteiger charge is 1.98. The molecule has 0 amide bonds. The van der Waals surface area contributed by atoms with Gasteiger partial charge in [-0.25, -0.2) is 0 Å². The monoisotopic (exact) mass is 221 g/mol. The lowest BCUT2D eigenvalue weighted by molar-refractivity contribution is 0.318. The van der Waals surface area contributed by atoms with Gasteiger partial charge >= 0.3 is 0 Å². The topological polar surface area (TPSA) is 3.24 Å². The first-order chi connectivity index (χ1) is 7.83. The van der Waals surface area contributed by atoms with E-state index in [1.165, 1.54) is 31.4 Å². The summed E-state index contributed by atoms with van der Waals surface area (Å²) in [5.41, 5.74) is 1.41. The molecule has 0 radical (unpaired) electrons. The van der Waals surface area contributed by atoms with Crippen LogP contribution in [0, 0.1) is 0 Å². The SMILES string of the molecule is CC.CCCCCN(C)Cc1ccccc1. The molecule has 0 N–H and O–H groups in total. The lowest BCUT2D eigenvalue weighted by Crippen LogP contribution is -2.18. The van der Waals surface area contributed by atoms with E-state index in [0.29, 0.717) is 0 Å². The van der Waals surface area contributed by atoms with Gasteiger partial charge in [0.05, 0.1) is 0 Å². The minimum Gasteiger partial charge on any atom is -0.302 e. The molecule has 0 unspecified atom stereocenters. The predicted octanol–water partition coefficient (Wildman–Crippen LogP) is 4.33. The Balaban J connectivity index is 0.00000106. The van der Waals surface area contributed by atoms with Gasteiger partial charge in [0.1, 0.15) is 0 Å². The summed E-state index contributed by atoms with van der Waals surface area (Å²) in [6.45, 7) is 8.53. The molecule has 1 aromatic rings. The highest BCUT2D eigenvalue weighted by molar-refractivity contribution is 5.14. The fourth-order valence-corrected chi connectivity index (χ4v) is 1.61. The molecule has 0 aliphatic heterocycles. The molecule has 0 saturated heterocycles. The molecule has 92 valence electrons. The Hall–Kier alpha value is -0.820. The summed E-state index contributed by atoms with van der Waals surface area (Å²) in [4.78, 5) is 2.39. The molecule has 0 aliphatic rings. The van der Waals surface area contributed by atoms with Crippen molar-refractivity contribution in [1.82, 2.24) is 4.90 Å². The van der Waals surface area contributed by atoms with Crippen molar-refractivity contribution < 1.29 is 0 Å². The average Bonchev–Trinajstić information content (AvgIpc) is 2.33. The van der Waals surface area contributed by atoms with E-state index >= 15 is 0 Å². The summed E-state index contributed by atoms with van der Waals surface area (Å²) in [5.74, 6) is 0.